The number of rotatable bonds is 5. The second-order valence-corrected chi connectivity index (χ2v) is 7.66. The Balaban J connectivity index is 1.19. The van der Waals surface area contributed by atoms with Crippen LogP contribution in [0, 0.1) is 5.92 Å². The molecule has 2 aromatic heterocycles. The Hall–Kier alpha value is -3.26. The molecule has 2 aromatic carbocycles. The van der Waals surface area contributed by atoms with Crippen molar-refractivity contribution in [2.24, 2.45) is 5.92 Å². The van der Waals surface area contributed by atoms with Gasteiger partial charge in [0.25, 0.3) is 5.91 Å². The van der Waals surface area contributed by atoms with Crippen molar-refractivity contribution >= 4 is 27.8 Å². The van der Waals surface area contributed by atoms with Crippen LogP contribution in [0.2, 0.25) is 0 Å². The minimum atomic E-state index is -0.122. The van der Waals surface area contributed by atoms with Crippen LogP contribution in [0.15, 0.2) is 47.1 Å². The first-order chi connectivity index (χ1) is 14.3. The van der Waals surface area contributed by atoms with Crippen molar-refractivity contribution in [1.82, 2.24) is 30.7 Å². The predicted molar refractivity (Wildman–Crippen MR) is 108 cm³/mol. The number of para-hydroxylation sites is 1. The van der Waals surface area contributed by atoms with Crippen molar-refractivity contribution < 1.29 is 9.42 Å². The third-order valence-electron chi connectivity index (χ3n) is 5.56. The van der Waals surface area contributed by atoms with Gasteiger partial charge >= 0.3 is 0 Å². The van der Waals surface area contributed by atoms with Crippen molar-refractivity contribution in [2.45, 2.75) is 19.4 Å². The fraction of sp³-hybridized carbons (Fsp3) is 0.333. The summed E-state index contributed by atoms with van der Waals surface area (Å²) in [5, 5.41) is 18.8. The molecule has 1 unspecified atom stereocenters. The van der Waals surface area contributed by atoms with Crippen LogP contribution >= 0.6 is 0 Å². The molecule has 0 aliphatic carbocycles. The molecule has 0 bridgehead atoms. The Morgan fingerprint density at radius 2 is 2.10 bits per heavy atom. The van der Waals surface area contributed by atoms with E-state index in [0.29, 0.717) is 18.2 Å². The average molecular weight is 390 g/mol. The molecule has 0 spiro atoms. The molecule has 1 amide bonds. The summed E-state index contributed by atoms with van der Waals surface area (Å²) < 4.78 is 4.78. The topological polar surface area (TPSA) is 99.9 Å². The Bertz CT molecular complexity index is 1150. The summed E-state index contributed by atoms with van der Waals surface area (Å²) in [5.74, 6) is 0.305. The minimum Gasteiger partial charge on any atom is -0.350 e. The molecule has 2 N–H and O–H groups in total. The Kier molecular flexibility index (Phi) is 4.69. The van der Waals surface area contributed by atoms with Gasteiger partial charge in [-0.1, -0.05) is 24.3 Å². The molecular weight excluding hydrogens is 368 g/mol. The highest BCUT2D eigenvalue weighted by Gasteiger charge is 2.22. The summed E-state index contributed by atoms with van der Waals surface area (Å²) >= 11 is 0. The number of piperidine rings is 1. The third-order valence-corrected chi connectivity index (χ3v) is 5.56. The van der Waals surface area contributed by atoms with Gasteiger partial charge in [-0.3, -0.25) is 14.8 Å². The number of fused-ring (bicyclic) bond motifs is 2. The lowest BCUT2D eigenvalue weighted by Gasteiger charge is -2.32. The zero-order valence-corrected chi connectivity index (χ0v) is 16.0. The number of benzene rings is 2. The number of likely N-dealkylation sites (tertiary alicyclic amines) is 1. The second-order valence-electron chi connectivity index (χ2n) is 7.66. The molecule has 8 heteroatoms. The van der Waals surface area contributed by atoms with Gasteiger partial charge in [0, 0.05) is 25.0 Å². The molecule has 4 aromatic rings. The molecule has 29 heavy (non-hydrogen) atoms. The number of aromatic nitrogens is 4. The number of carbonyl (C=O) groups is 1. The summed E-state index contributed by atoms with van der Waals surface area (Å²) in [7, 11) is 0. The smallest absolute Gasteiger partial charge is 0.272 e. The summed E-state index contributed by atoms with van der Waals surface area (Å²) in [6.45, 7) is 3.53. The van der Waals surface area contributed by atoms with Gasteiger partial charge in [0.1, 0.15) is 11.0 Å². The lowest BCUT2D eigenvalue weighted by Crippen LogP contribution is -2.40. The van der Waals surface area contributed by atoms with Gasteiger partial charge < -0.3 is 5.32 Å². The molecule has 1 fully saturated rings. The maximum Gasteiger partial charge on any atom is 0.272 e. The number of H-pyrrole nitrogens is 1. The van der Waals surface area contributed by atoms with Crippen LogP contribution in [0.1, 0.15) is 28.9 Å². The van der Waals surface area contributed by atoms with Crippen LogP contribution in [-0.2, 0) is 6.54 Å². The molecule has 148 valence electrons. The third kappa shape index (κ3) is 3.71. The van der Waals surface area contributed by atoms with Crippen LogP contribution in [0.4, 0.5) is 0 Å². The van der Waals surface area contributed by atoms with Crippen LogP contribution in [-0.4, -0.2) is 51.0 Å². The van der Waals surface area contributed by atoms with E-state index in [9.17, 15) is 4.79 Å². The standard InChI is InChI=1S/C21H22N6O2/c28-21(20-16-5-1-2-6-17(16)23-24-20)22-11-15-4-3-9-27(13-15)12-14-7-8-18-19(10-14)26-29-25-18/h1-2,5-8,10,15H,3-4,9,11-13H2,(H,22,28)(H,23,24). The number of amides is 1. The molecule has 8 nitrogen and oxygen atoms in total. The summed E-state index contributed by atoms with van der Waals surface area (Å²) in [6.07, 6.45) is 2.24. The van der Waals surface area contributed by atoms with E-state index in [4.69, 9.17) is 4.63 Å². The number of aromatic amines is 1. The Labute approximate surface area is 167 Å². The molecule has 0 radical (unpaired) electrons. The van der Waals surface area contributed by atoms with E-state index in [0.717, 1.165) is 54.4 Å². The van der Waals surface area contributed by atoms with Crippen LogP contribution in [0.25, 0.3) is 21.9 Å². The molecule has 3 heterocycles. The number of nitrogens with zero attached hydrogens (tertiary/aromatic N) is 4. The maximum atomic E-state index is 12.6. The molecule has 1 aliphatic heterocycles. The van der Waals surface area contributed by atoms with Crippen molar-refractivity contribution in [3.05, 3.63) is 53.7 Å². The van der Waals surface area contributed by atoms with E-state index in [1.54, 1.807) is 0 Å². The highest BCUT2D eigenvalue weighted by Crippen LogP contribution is 2.20. The summed E-state index contributed by atoms with van der Waals surface area (Å²) in [5.41, 5.74) is 4.10. The molecule has 1 atom stereocenters. The van der Waals surface area contributed by atoms with E-state index in [2.05, 4.69) is 36.8 Å². The average Bonchev–Trinajstić information content (AvgIpc) is 3.39. The normalized spacial score (nSPS) is 17.7. The van der Waals surface area contributed by atoms with Crippen molar-refractivity contribution in [3.8, 4) is 0 Å². The summed E-state index contributed by atoms with van der Waals surface area (Å²) in [4.78, 5) is 15.0. The molecule has 1 aliphatic rings. The van der Waals surface area contributed by atoms with E-state index in [1.807, 2.05) is 36.4 Å². The van der Waals surface area contributed by atoms with Gasteiger partial charge in [-0.2, -0.15) is 5.10 Å². The number of carbonyl (C=O) groups excluding carboxylic acids is 1. The molecule has 0 saturated carbocycles. The van der Waals surface area contributed by atoms with Gasteiger partial charge in [0.05, 0.1) is 5.52 Å². The Morgan fingerprint density at radius 3 is 3.07 bits per heavy atom. The van der Waals surface area contributed by atoms with E-state index in [1.165, 1.54) is 5.56 Å². The van der Waals surface area contributed by atoms with E-state index < -0.39 is 0 Å². The Morgan fingerprint density at radius 1 is 1.21 bits per heavy atom. The summed E-state index contributed by atoms with van der Waals surface area (Å²) in [6, 6.07) is 13.7. The van der Waals surface area contributed by atoms with Crippen molar-refractivity contribution in [2.75, 3.05) is 19.6 Å². The SMILES string of the molecule is O=C(NCC1CCCN(Cc2ccc3nonc3c2)C1)c1n[nH]c2ccccc12. The van der Waals surface area contributed by atoms with Crippen molar-refractivity contribution in [3.63, 3.8) is 0 Å². The highest BCUT2D eigenvalue weighted by atomic mass is 16.6. The van der Waals surface area contributed by atoms with E-state index in [-0.39, 0.29) is 5.91 Å². The number of nitrogens with one attached hydrogen (secondary N) is 2. The number of hydrogen-bond donors (Lipinski definition) is 2. The molecule has 5 rings (SSSR count). The van der Waals surface area contributed by atoms with Crippen LogP contribution < -0.4 is 5.32 Å². The first-order valence-electron chi connectivity index (χ1n) is 9.91. The van der Waals surface area contributed by atoms with Gasteiger partial charge in [0.15, 0.2) is 5.69 Å². The zero-order valence-electron chi connectivity index (χ0n) is 16.0. The predicted octanol–water partition coefficient (Wildman–Crippen LogP) is 2.74. The fourth-order valence-electron chi connectivity index (χ4n) is 4.10. The minimum absolute atomic E-state index is 0.122. The van der Waals surface area contributed by atoms with Gasteiger partial charge in [-0.25, -0.2) is 4.63 Å². The molecule has 1 saturated heterocycles. The lowest BCUT2D eigenvalue weighted by atomic mass is 9.97. The fourth-order valence-corrected chi connectivity index (χ4v) is 4.10. The monoisotopic (exact) mass is 390 g/mol. The van der Waals surface area contributed by atoms with Gasteiger partial charge in [-0.15, -0.1) is 0 Å². The van der Waals surface area contributed by atoms with Gasteiger partial charge in [-0.05, 0) is 59.4 Å². The first kappa shape index (κ1) is 17.8. The number of hydrogen-bond acceptors (Lipinski definition) is 6. The maximum absolute atomic E-state index is 12.6. The first-order valence-corrected chi connectivity index (χ1v) is 9.91. The quantitative estimate of drug-likeness (QED) is 0.544. The van der Waals surface area contributed by atoms with Crippen molar-refractivity contribution in [1.29, 1.82) is 0 Å². The van der Waals surface area contributed by atoms with Crippen LogP contribution in [0.5, 0.6) is 0 Å². The largest absolute Gasteiger partial charge is 0.350 e. The van der Waals surface area contributed by atoms with Gasteiger partial charge in [0.2, 0.25) is 0 Å². The zero-order chi connectivity index (χ0) is 19.6. The highest BCUT2D eigenvalue weighted by molar-refractivity contribution is 6.04. The lowest BCUT2D eigenvalue weighted by molar-refractivity contribution is 0.0927. The second kappa shape index (κ2) is 7.63. The van der Waals surface area contributed by atoms with Crippen LogP contribution in [0.3, 0.4) is 0 Å². The van der Waals surface area contributed by atoms with E-state index >= 15 is 0 Å². The molecular formula is C21H22N6O2.